The quantitative estimate of drug-likeness (QED) is 0.530. The van der Waals surface area contributed by atoms with E-state index < -0.39 is 0 Å². The first kappa shape index (κ1) is 19.9. The molecule has 29 heavy (non-hydrogen) atoms. The Bertz CT molecular complexity index is 1130. The number of hydrogen-bond acceptors (Lipinski definition) is 5. The highest BCUT2D eigenvalue weighted by molar-refractivity contribution is 7.99. The predicted octanol–water partition coefficient (Wildman–Crippen LogP) is 5.78. The minimum absolute atomic E-state index is 0.0405. The van der Waals surface area contributed by atoms with Crippen LogP contribution in [0.3, 0.4) is 0 Å². The fourth-order valence-corrected chi connectivity index (χ4v) is 5.98. The molecule has 4 rings (SSSR count). The Morgan fingerprint density at radius 1 is 1.28 bits per heavy atom. The van der Waals surface area contributed by atoms with Crippen molar-refractivity contribution in [3.63, 3.8) is 0 Å². The number of nitrogens with one attached hydrogen (secondary N) is 1. The topological polar surface area (TPSA) is 65.8 Å². The second kappa shape index (κ2) is 8.56. The van der Waals surface area contributed by atoms with Crippen LogP contribution in [0.5, 0.6) is 0 Å². The fourth-order valence-electron chi connectivity index (χ4n) is 3.81. The van der Waals surface area contributed by atoms with Gasteiger partial charge in [0.1, 0.15) is 11.1 Å². The summed E-state index contributed by atoms with van der Waals surface area (Å²) in [6.07, 6.45) is 4.66. The van der Waals surface area contributed by atoms with E-state index in [9.17, 15) is 10.1 Å². The summed E-state index contributed by atoms with van der Waals surface area (Å²) in [4.78, 5) is 18.5. The Balaban J connectivity index is 1.40. The van der Waals surface area contributed by atoms with Crippen LogP contribution in [0.15, 0.2) is 29.3 Å². The van der Waals surface area contributed by atoms with Gasteiger partial charge in [0.15, 0.2) is 0 Å². The van der Waals surface area contributed by atoms with Gasteiger partial charge in [-0.25, -0.2) is 4.98 Å². The van der Waals surface area contributed by atoms with Gasteiger partial charge >= 0.3 is 0 Å². The number of thioether (sulfide) groups is 1. The number of thiophene rings is 1. The predicted molar refractivity (Wildman–Crippen MR) is 121 cm³/mol. The van der Waals surface area contributed by atoms with Gasteiger partial charge in [-0.15, -0.1) is 23.1 Å². The maximum Gasteiger partial charge on any atom is 0.225 e. The van der Waals surface area contributed by atoms with Crippen molar-refractivity contribution < 1.29 is 4.79 Å². The number of aromatic nitrogens is 1. The first-order valence-corrected chi connectivity index (χ1v) is 11.7. The van der Waals surface area contributed by atoms with Crippen molar-refractivity contribution in [3.8, 4) is 6.07 Å². The standard InChI is InChI=1S/C23H23N3OS2/c1-14-6-5-8-16-15(2)12-21(26-22(14)16)28-11-10-20(27)25-23-18(13-24)17-7-3-4-9-19(17)29-23/h5-6,8,12H,3-4,7,9-11H2,1-2H3,(H,25,27). The van der Waals surface area contributed by atoms with Gasteiger partial charge in [-0.1, -0.05) is 18.2 Å². The van der Waals surface area contributed by atoms with Crippen molar-refractivity contribution in [1.29, 1.82) is 5.26 Å². The van der Waals surface area contributed by atoms with E-state index in [0.29, 0.717) is 17.7 Å². The van der Waals surface area contributed by atoms with Crippen molar-refractivity contribution in [3.05, 3.63) is 51.4 Å². The number of carbonyl (C=O) groups excluding carboxylic acids is 1. The normalized spacial score (nSPS) is 13.1. The summed E-state index contributed by atoms with van der Waals surface area (Å²) < 4.78 is 0. The Labute approximate surface area is 179 Å². The van der Waals surface area contributed by atoms with E-state index in [1.165, 1.54) is 22.2 Å². The summed E-state index contributed by atoms with van der Waals surface area (Å²) in [7, 11) is 0. The molecule has 0 saturated carbocycles. The minimum atomic E-state index is -0.0405. The van der Waals surface area contributed by atoms with Gasteiger partial charge in [0.25, 0.3) is 0 Å². The van der Waals surface area contributed by atoms with Gasteiger partial charge in [0.2, 0.25) is 5.91 Å². The number of benzene rings is 1. The molecule has 3 aromatic rings. The molecule has 4 nitrogen and oxygen atoms in total. The molecule has 2 aromatic heterocycles. The van der Waals surface area contributed by atoms with E-state index in [1.807, 2.05) is 0 Å². The molecular formula is C23H23N3OS2. The van der Waals surface area contributed by atoms with Crippen molar-refractivity contribution in [2.45, 2.75) is 51.0 Å². The van der Waals surface area contributed by atoms with Crippen LogP contribution in [0.1, 0.15) is 46.4 Å². The van der Waals surface area contributed by atoms with E-state index >= 15 is 0 Å². The number of anilines is 1. The molecule has 0 bridgehead atoms. The summed E-state index contributed by atoms with van der Waals surface area (Å²) in [5.41, 5.74) is 5.22. The van der Waals surface area contributed by atoms with Crippen LogP contribution in [0.25, 0.3) is 10.9 Å². The third kappa shape index (κ3) is 4.17. The molecule has 1 aliphatic rings. The average Bonchev–Trinajstić information content (AvgIpc) is 3.05. The van der Waals surface area contributed by atoms with Crippen molar-refractivity contribution in [2.75, 3.05) is 11.1 Å². The largest absolute Gasteiger partial charge is 0.317 e. The Hall–Kier alpha value is -2.36. The molecule has 6 heteroatoms. The zero-order valence-corrected chi connectivity index (χ0v) is 18.3. The Morgan fingerprint density at radius 3 is 2.93 bits per heavy atom. The highest BCUT2D eigenvalue weighted by atomic mass is 32.2. The van der Waals surface area contributed by atoms with E-state index in [2.05, 4.69) is 49.5 Å². The highest BCUT2D eigenvalue weighted by Gasteiger charge is 2.21. The van der Waals surface area contributed by atoms with E-state index in [-0.39, 0.29) is 5.91 Å². The molecule has 0 aliphatic heterocycles. The molecule has 0 spiro atoms. The molecule has 1 amide bonds. The van der Waals surface area contributed by atoms with Crippen LogP contribution >= 0.6 is 23.1 Å². The molecule has 1 aliphatic carbocycles. The molecule has 0 radical (unpaired) electrons. The number of hydrogen-bond donors (Lipinski definition) is 1. The number of pyridine rings is 1. The number of para-hydroxylation sites is 1. The van der Waals surface area contributed by atoms with Crippen molar-refractivity contribution >= 4 is 44.9 Å². The lowest BCUT2D eigenvalue weighted by Crippen LogP contribution is -2.12. The number of rotatable bonds is 5. The summed E-state index contributed by atoms with van der Waals surface area (Å²) in [6, 6.07) is 10.6. The highest BCUT2D eigenvalue weighted by Crippen LogP contribution is 2.37. The Kier molecular flexibility index (Phi) is 5.89. The van der Waals surface area contributed by atoms with Crippen LogP contribution in [0.4, 0.5) is 5.00 Å². The molecule has 0 saturated heterocycles. The van der Waals surface area contributed by atoms with Crippen LogP contribution in [-0.2, 0) is 17.6 Å². The molecule has 0 unspecified atom stereocenters. The Morgan fingerprint density at radius 2 is 2.10 bits per heavy atom. The summed E-state index contributed by atoms with van der Waals surface area (Å²) in [5.74, 6) is 0.615. The van der Waals surface area contributed by atoms with Gasteiger partial charge in [-0.05, 0) is 62.3 Å². The first-order chi connectivity index (χ1) is 14.1. The number of amides is 1. The first-order valence-electron chi connectivity index (χ1n) is 9.91. The van der Waals surface area contributed by atoms with E-state index in [0.717, 1.165) is 45.9 Å². The van der Waals surface area contributed by atoms with Gasteiger partial charge in [-0.3, -0.25) is 4.79 Å². The number of carbonyl (C=O) groups is 1. The zero-order chi connectivity index (χ0) is 20.4. The molecule has 148 valence electrons. The molecule has 1 N–H and O–H groups in total. The number of nitriles is 1. The maximum absolute atomic E-state index is 12.5. The zero-order valence-electron chi connectivity index (χ0n) is 16.7. The smallest absolute Gasteiger partial charge is 0.225 e. The lowest BCUT2D eigenvalue weighted by molar-refractivity contribution is -0.115. The molecule has 0 fully saturated rings. The van der Waals surface area contributed by atoms with Crippen molar-refractivity contribution in [2.24, 2.45) is 0 Å². The van der Waals surface area contributed by atoms with E-state index in [1.54, 1.807) is 23.1 Å². The van der Waals surface area contributed by atoms with Crippen LogP contribution in [0, 0.1) is 25.2 Å². The van der Waals surface area contributed by atoms with Crippen LogP contribution < -0.4 is 5.32 Å². The van der Waals surface area contributed by atoms with Gasteiger partial charge in [0, 0.05) is 22.4 Å². The summed E-state index contributed by atoms with van der Waals surface area (Å²) in [5, 5.41) is 15.4. The second-order valence-corrected chi connectivity index (χ2v) is 9.64. The van der Waals surface area contributed by atoms with Crippen LogP contribution in [0.2, 0.25) is 0 Å². The summed E-state index contributed by atoms with van der Waals surface area (Å²) >= 11 is 3.18. The number of fused-ring (bicyclic) bond motifs is 2. The third-order valence-electron chi connectivity index (χ3n) is 5.34. The summed E-state index contributed by atoms with van der Waals surface area (Å²) in [6.45, 7) is 4.17. The molecule has 1 aromatic carbocycles. The molecular weight excluding hydrogens is 398 g/mol. The van der Waals surface area contributed by atoms with Crippen LogP contribution in [-0.4, -0.2) is 16.6 Å². The second-order valence-electron chi connectivity index (χ2n) is 7.42. The van der Waals surface area contributed by atoms with Gasteiger partial charge < -0.3 is 5.32 Å². The fraction of sp³-hybridized carbons (Fsp3) is 0.348. The third-order valence-corrected chi connectivity index (χ3v) is 7.46. The average molecular weight is 422 g/mol. The SMILES string of the molecule is Cc1cc(SCCC(=O)Nc2sc3c(c2C#N)CCCC3)nc2c(C)cccc12. The number of aryl methyl sites for hydroxylation is 3. The maximum atomic E-state index is 12.5. The molecule has 0 atom stereocenters. The number of nitrogens with zero attached hydrogens (tertiary/aromatic N) is 2. The van der Waals surface area contributed by atoms with Gasteiger partial charge in [0.05, 0.1) is 16.1 Å². The minimum Gasteiger partial charge on any atom is -0.317 e. The molecule has 2 heterocycles. The lowest BCUT2D eigenvalue weighted by atomic mass is 9.96. The van der Waals surface area contributed by atoms with Crippen molar-refractivity contribution in [1.82, 2.24) is 4.98 Å². The van der Waals surface area contributed by atoms with Gasteiger partial charge in [-0.2, -0.15) is 5.26 Å². The lowest BCUT2D eigenvalue weighted by Gasteiger charge is -2.09. The van der Waals surface area contributed by atoms with E-state index in [4.69, 9.17) is 4.98 Å². The monoisotopic (exact) mass is 421 g/mol.